The van der Waals surface area contributed by atoms with Gasteiger partial charge in [0.25, 0.3) is 0 Å². The molecule has 0 saturated heterocycles. The van der Waals surface area contributed by atoms with Crippen LogP contribution in [-0.4, -0.2) is 46.1 Å². The SMILES string of the molecule is CN(C)CCn1ncc(Cl)c1C(=O)c1cncs1. The van der Waals surface area contributed by atoms with Crippen LogP contribution in [0.15, 0.2) is 17.9 Å². The topological polar surface area (TPSA) is 51.0 Å². The summed E-state index contributed by atoms with van der Waals surface area (Å²) < 4.78 is 1.64. The zero-order chi connectivity index (χ0) is 13.1. The molecule has 0 aliphatic rings. The van der Waals surface area contributed by atoms with Crippen molar-refractivity contribution in [3.05, 3.63) is 33.5 Å². The standard InChI is InChI=1S/C11H13ClN4OS/c1-15(2)3-4-16-10(8(12)5-14-16)11(17)9-6-13-7-18-9/h5-7H,3-4H2,1-2H3. The van der Waals surface area contributed by atoms with Crippen molar-refractivity contribution in [1.82, 2.24) is 19.7 Å². The summed E-state index contributed by atoms with van der Waals surface area (Å²) in [6, 6.07) is 0. The molecule has 0 fully saturated rings. The molecule has 0 aliphatic carbocycles. The van der Waals surface area contributed by atoms with Crippen molar-refractivity contribution in [1.29, 1.82) is 0 Å². The van der Waals surface area contributed by atoms with Crippen LogP contribution in [-0.2, 0) is 6.54 Å². The maximum Gasteiger partial charge on any atom is 0.224 e. The van der Waals surface area contributed by atoms with Gasteiger partial charge in [-0.15, -0.1) is 11.3 Å². The van der Waals surface area contributed by atoms with E-state index in [-0.39, 0.29) is 5.78 Å². The zero-order valence-corrected chi connectivity index (χ0v) is 11.7. The smallest absolute Gasteiger partial charge is 0.224 e. The number of nitrogens with zero attached hydrogens (tertiary/aromatic N) is 4. The van der Waals surface area contributed by atoms with E-state index in [1.165, 1.54) is 17.5 Å². The molecule has 0 saturated carbocycles. The first-order valence-corrected chi connectivity index (χ1v) is 6.64. The molecule has 2 rings (SSSR count). The summed E-state index contributed by atoms with van der Waals surface area (Å²) in [6.45, 7) is 1.42. The van der Waals surface area contributed by atoms with Crippen molar-refractivity contribution in [2.75, 3.05) is 20.6 Å². The number of carbonyl (C=O) groups is 1. The molecule has 0 amide bonds. The molecule has 0 N–H and O–H groups in total. The van der Waals surface area contributed by atoms with Crippen molar-refractivity contribution in [3.63, 3.8) is 0 Å². The van der Waals surface area contributed by atoms with Gasteiger partial charge in [0.15, 0.2) is 0 Å². The number of thiazole rings is 1. The molecule has 2 aromatic rings. The number of hydrogen-bond donors (Lipinski definition) is 0. The number of ketones is 1. The average molecular weight is 285 g/mol. The third-order valence-electron chi connectivity index (χ3n) is 2.43. The Morgan fingerprint density at radius 3 is 2.89 bits per heavy atom. The van der Waals surface area contributed by atoms with Crippen LogP contribution >= 0.6 is 22.9 Å². The van der Waals surface area contributed by atoms with Gasteiger partial charge in [-0.05, 0) is 14.1 Å². The largest absolute Gasteiger partial charge is 0.308 e. The van der Waals surface area contributed by atoms with Crippen LogP contribution in [0.3, 0.4) is 0 Å². The molecule has 0 aliphatic heterocycles. The van der Waals surface area contributed by atoms with E-state index in [1.54, 1.807) is 16.4 Å². The second kappa shape index (κ2) is 5.60. The Balaban J connectivity index is 2.26. The van der Waals surface area contributed by atoms with Crippen molar-refractivity contribution in [2.45, 2.75) is 6.54 Å². The fraction of sp³-hybridized carbons (Fsp3) is 0.364. The van der Waals surface area contributed by atoms with Crippen molar-refractivity contribution < 1.29 is 4.79 Å². The van der Waals surface area contributed by atoms with Crippen LogP contribution in [0.5, 0.6) is 0 Å². The van der Waals surface area contributed by atoms with Gasteiger partial charge in [-0.25, -0.2) is 0 Å². The third-order valence-corrected chi connectivity index (χ3v) is 3.47. The van der Waals surface area contributed by atoms with Crippen molar-refractivity contribution in [3.8, 4) is 0 Å². The first kappa shape index (κ1) is 13.2. The minimum absolute atomic E-state index is 0.126. The van der Waals surface area contributed by atoms with Crippen LogP contribution in [0.4, 0.5) is 0 Å². The van der Waals surface area contributed by atoms with Crippen molar-refractivity contribution in [2.24, 2.45) is 0 Å². The number of likely N-dealkylation sites (N-methyl/N-ethyl adjacent to an activating group) is 1. The summed E-state index contributed by atoms with van der Waals surface area (Å²) in [5, 5.41) is 4.52. The Bertz CT molecular complexity index is 535. The van der Waals surface area contributed by atoms with E-state index in [4.69, 9.17) is 11.6 Å². The summed E-state index contributed by atoms with van der Waals surface area (Å²) in [7, 11) is 3.94. The first-order chi connectivity index (χ1) is 8.59. The average Bonchev–Trinajstić information content (AvgIpc) is 2.94. The molecule has 0 spiro atoms. The minimum Gasteiger partial charge on any atom is -0.308 e. The van der Waals surface area contributed by atoms with Gasteiger partial charge >= 0.3 is 0 Å². The second-order valence-corrected chi connectivity index (χ2v) is 5.36. The van der Waals surface area contributed by atoms with Gasteiger partial charge in [-0.2, -0.15) is 5.10 Å². The van der Waals surface area contributed by atoms with E-state index in [0.29, 0.717) is 22.1 Å². The molecule has 96 valence electrons. The van der Waals surface area contributed by atoms with Crippen molar-refractivity contribution >= 4 is 28.7 Å². The van der Waals surface area contributed by atoms with Gasteiger partial charge < -0.3 is 4.90 Å². The van der Waals surface area contributed by atoms with Crippen LogP contribution in [0, 0.1) is 0 Å². The summed E-state index contributed by atoms with van der Waals surface area (Å²) in [4.78, 5) is 18.8. The highest BCUT2D eigenvalue weighted by atomic mass is 35.5. The Kier molecular flexibility index (Phi) is 4.11. The normalized spacial score (nSPS) is 11.1. The lowest BCUT2D eigenvalue weighted by Crippen LogP contribution is -2.21. The summed E-state index contributed by atoms with van der Waals surface area (Å²) in [5.74, 6) is -0.126. The lowest BCUT2D eigenvalue weighted by molar-refractivity contribution is 0.103. The fourth-order valence-electron chi connectivity index (χ4n) is 1.50. The predicted molar refractivity (Wildman–Crippen MR) is 71.3 cm³/mol. The fourth-order valence-corrected chi connectivity index (χ4v) is 2.28. The van der Waals surface area contributed by atoms with E-state index in [1.807, 2.05) is 19.0 Å². The molecule has 0 atom stereocenters. The molecule has 7 heteroatoms. The van der Waals surface area contributed by atoms with E-state index < -0.39 is 0 Å². The summed E-state index contributed by atoms with van der Waals surface area (Å²) in [6.07, 6.45) is 3.05. The number of rotatable bonds is 5. The monoisotopic (exact) mass is 284 g/mol. The van der Waals surface area contributed by atoms with Crippen LogP contribution in [0.1, 0.15) is 15.4 Å². The molecule has 0 radical (unpaired) electrons. The van der Waals surface area contributed by atoms with E-state index in [9.17, 15) is 4.79 Å². The molecular formula is C11H13ClN4OS. The molecular weight excluding hydrogens is 272 g/mol. The van der Waals surface area contributed by atoms with E-state index >= 15 is 0 Å². The number of carbonyl (C=O) groups excluding carboxylic acids is 1. The first-order valence-electron chi connectivity index (χ1n) is 5.39. The Morgan fingerprint density at radius 1 is 1.50 bits per heavy atom. The highest BCUT2D eigenvalue weighted by molar-refractivity contribution is 7.11. The maximum atomic E-state index is 12.3. The molecule has 0 bridgehead atoms. The number of aromatic nitrogens is 3. The molecule has 5 nitrogen and oxygen atoms in total. The van der Waals surface area contributed by atoms with E-state index in [0.717, 1.165) is 6.54 Å². The van der Waals surface area contributed by atoms with Crippen LogP contribution < -0.4 is 0 Å². The van der Waals surface area contributed by atoms with Gasteiger partial charge in [-0.3, -0.25) is 14.5 Å². The van der Waals surface area contributed by atoms with Gasteiger partial charge in [0.1, 0.15) is 5.69 Å². The van der Waals surface area contributed by atoms with Gasteiger partial charge in [-0.1, -0.05) is 11.6 Å². The minimum atomic E-state index is -0.126. The van der Waals surface area contributed by atoms with Crippen LogP contribution in [0.25, 0.3) is 0 Å². The molecule has 0 unspecified atom stereocenters. The number of hydrogen-bond acceptors (Lipinski definition) is 5. The zero-order valence-electron chi connectivity index (χ0n) is 10.1. The molecule has 18 heavy (non-hydrogen) atoms. The summed E-state index contributed by atoms with van der Waals surface area (Å²) in [5.41, 5.74) is 2.06. The quantitative estimate of drug-likeness (QED) is 0.786. The lowest BCUT2D eigenvalue weighted by Gasteiger charge is -2.11. The van der Waals surface area contributed by atoms with E-state index in [2.05, 4.69) is 10.1 Å². The second-order valence-electron chi connectivity index (χ2n) is 4.06. The van der Waals surface area contributed by atoms with Gasteiger partial charge in [0, 0.05) is 12.7 Å². The molecule has 2 heterocycles. The summed E-state index contributed by atoms with van der Waals surface area (Å²) >= 11 is 7.34. The third kappa shape index (κ3) is 2.77. The highest BCUT2D eigenvalue weighted by Crippen LogP contribution is 2.20. The maximum absolute atomic E-state index is 12.3. The lowest BCUT2D eigenvalue weighted by atomic mass is 10.2. The Labute approximate surface area is 114 Å². The Hall–Kier alpha value is -1.24. The predicted octanol–water partition coefficient (Wildman–Crippen LogP) is 1.79. The Morgan fingerprint density at radius 2 is 2.28 bits per heavy atom. The van der Waals surface area contributed by atoms with Crippen LogP contribution in [0.2, 0.25) is 5.02 Å². The molecule has 0 aromatic carbocycles. The number of halogens is 1. The molecule has 2 aromatic heterocycles. The van der Waals surface area contributed by atoms with Gasteiger partial charge in [0.05, 0.1) is 28.2 Å². The highest BCUT2D eigenvalue weighted by Gasteiger charge is 2.20. The van der Waals surface area contributed by atoms with Gasteiger partial charge in [0.2, 0.25) is 5.78 Å².